The van der Waals surface area contributed by atoms with Gasteiger partial charge in [0.2, 0.25) is 10.0 Å². The molecule has 1 aliphatic heterocycles. The van der Waals surface area contributed by atoms with Crippen molar-refractivity contribution >= 4 is 10.0 Å². The monoisotopic (exact) mass is 269 g/mol. The van der Waals surface area contributed by atoms with E-state index < -0.39 is 10.0 Å². The predicted molar refractivity (Wildman–Crippen MR) is 70.6 cm³/mol. The van der Waals surface area contributed by atoms with Crippen LogP contribution in [0.15, 0.2) is 24.4 Å². The van der Waals surface area contributed by atoms with E-state index in [4.69, 9.17) is 5.73 Å². The van der Waals surface area contributed by atoms with Gasteiger partial charge < -0.3 is 5.73 Å². The van der Waals surface area contributed by atoms with Crippen LogP contribution in [0.25, 0.3) is 0 Å². The second-order valence-corrected chi connectivity index (χ2v) is 6.59. The zero-order valence-corrected chi connectivity index (χ0v) is 11.3. The molecule has 0 radical (unpaired) electrons. The Labute approximate surface area is 108 Å². The van der Waals surface area contributed by atoms with Gasteiger partial charge in [-0.2, -0.15) is 4.31 Å². The minimum Gasteiger partial charge on any atom is -0.329 e. The molecule has 1 aromatic heterocycles. The lowest BCUT2D eigenvalue weighted by atomic mass is 9.88. The Balaban J connectivity index is 2.13. The zero-order chi connectivity index (χ0) is 13.2. The quantitative estimate of drug-likeness (QED) is 0.847. The van der Waals surface area contributed by atoms with Gasteiger partial charge in [0.1, 0.15) is 0 Å². The maximum Gasteiger partial charge on any atom is 0.214 e. The average Bonchev–Trinajstić information content (AvgIpc) is 2.29. The van der Waals surface area contributed by atoms with Crippen molar-refractivity contribution in [2.45, 2.75) is 25.3 Å². The van der Waals surface area contributed by atoms with Crippen molar-refractivity contribution in [1.29, 1.82) is 0 Å². The minimum atomic E-state index is -3.15. The fraction of sp³-hybridized carbons (Fsp3) is 0.583. The molecule has 18 heavy (non-hydrogen) atoms. The standard InChI is InChI=1S/C12H19N3O2S/c1-2-7-18(16,17)15-9-10(12(15)8-13)11-5-3-4-6-14-11/h3-6,10,12H,2,7-9,13H2,1H3. The summed E-state index contributed by atoms with van der Waals surface area (Å²) in [6.07, 6.45) is 2.36. The number of hydrogen-bond donors (Lipinski definition) is 1. The largest absolute Gasteiger partial charge is 0.329 e. The highest BCUT2D eigenvalue weighted by Gasteiger charge is 2.45. The molecule has 1 saturated heterocycles. The lowest BCUT2D eigenvalue weighted by molar-refractivity contribution is 0.161. The third-order valence-electron chi connectivity index (χ3n) is 3.34. The van der Waals surface area contributed by atoms with Crippen molar-refractivity contribution in [3.8, 4) is 0 Å². The third-order valence-corrected chi connectivity index (χ3v) is 5.40. The van der Waals surface area contributed by atoms with Crippen molar-refractivity contribution in [2.75, 3.05) is 18.8 Å². The van der Waals surface area contributed by atoms with Gasteiger partial charge in [-0.1, -0.05) is 13.0 Å². The molecule has 1 aliphatic rings. The summed E-state index contributed by atoms with van der Waals surface area (Å²) < 4.78 is 25.5. The number of rotatable bonds is 5. The zero-order valence-electron chi connectivity index (χ0n) is 10.5. The molecule has 5 nitrogen and oxygen atoms in total. The van der Waals surface area contributed by atoms with E-state index in [1.54, 1.807) is 6.20 Å². The van der Waals surface area contributed by atoms with Crippen LogP contribution >= 0.6 is 0 Å². The van der Waals surface area contributed by atoms with Gasteiger partial charge in [0, 0.05) is 36.9 Å². The van der Waals surface area contributed by atoms with Crippen LogP contribution in [0.4, 0.5) is 0 Å². The van der Waals surface area contributed by atoms with E-state index in [9.17, 15) is 8.42 Å². The van der Waals surface area contributed by atoms with E-state index in [1.165, 1.54) is 4.31 Å². The van der Waals surface area contributed by atoms with E-state index in [2.05, 4.69) is 4.98 Å². The Kier molecular flexibility index (Phi) is 3.99. The van der Waals surface area contributed by atoms with Gasteiger partial charge in [-0.25, -0.2) is 8.42 Å². The van der Waals surface area contributed by atoms with Crippen molar-refractivity contribution in [2.24, 2.45) is 5.73 Å². The molecule has 2 unspecified atom stereocenters. The van der Waals surface area contributed by atoms with Crippen LogP contribution in [-0.2, 0) is 10.0 Å². The Morgan fingerprint density at radius 1 is 1.50 bits per heavy atom. The van der Waals surface area contributed by atoms with Gasteiger partial charge in [-0.15, -0.1) is 0 Å². The first kappa shape index (κ1) is 13.5. The molecule has 0 aromatic carbocycles. The molecular weight excluding hydrogens is 250 g/mol. The van der Waals surface area contributed by atoms with Crippen molar-refractivity contribution in [3.05, 3.63) is 30.1 Å². The molecule has 0 amide bonds. The fourth-order valence-corrected chi connectivity index (χ4v) is 4.16. The Hall–Kier alpha value is -0.980. The number of nitrogens with two attached hydrogens (primary N) is 1. The van der Waals surface area contributed by atoms with Gasteiger partial charge >= 0.3 is 0 Å². The Bertz CT molecular complexity index is 489. The van der Waals surface area contributed by atoms with Gasteiger partial charge in [0.05, 0.1) is 5.75 Å². The minimum absolute atomic E-state index is 0.128. The molecule has 2 atom stereocenters. The number of hydrogen-bond acceptors (Lipinski definition) is 4. The Morgan fingerprint density at radius 2 is 2.28 bits per heavy atom. The summed E-state index contributed by atoms with van der Waals surface area (Å²) >= 11 is 0. The predicted octanol–water partition coefficient (Wildman–Crippen LogP) is 0.548. The van der Waals surface area contributed by atoms with E-state index in [1.807, 2.05) is 25.1 Å². The first-order chi connectivity index (χ1) is 8.60. The average molecular weight is 269 g/mol. The van der Waals surface area contributed by atoms with Crippen LogP contribution < -0.4 is 5.73 Å². The van der Waals surface area contributed by atoms with Gasteiger partial charge in [0.15, 0.2) is 0 Å². The van der Waals surface area contributed by atoms with Gasteiger partial charge in [0.25, 0.3) is 0 Å². The highest BCUT2D eigenvalue weighted by molar-refractivity contribution is 7.89. The molecule has 0 aliphatic carbocycles. The number of aromatic nitrogens is 1. The van der Waals surface area contributed by atoms with Gasteiger partial charge in [-0.05, 0) is 18.6 Å². The lowest BCUT2D eigenvalue weighted by Crippen LogP contribution is -2.60. The van der Waals surface area contributed by atoms with E-state index >= 15 is 0 Å². The van der Waals surface area contributed by atoms with Crippen LogP contribution in [-0.4, -0.2) is 42.6 Å². The molecule has 100 valence electrons. The van der Waals surface area contributed by atoms with Crippen LogP contribution in [0.5, 0.6) is 0 Å². The van der Waals surface area contributed by atoms with Crippen LogP contribution in [0.3, 0.4) is 0 Å². The van der Waals surface area contributed by atoms with Crippen molar-refractivity contribution < 1.29 is 8.42 Å². The molecule has 1 fully saturated rings. The highest BCUT2D eigenvalue weighted by atomic mass is 32.2. The third kappa shape index (κ3) is 2.41. The first-order valence-electron chi connectivity index (χ1n) is 6.20. The smallest absolute Gasteiger partial charge is 0.214 e. The van der Waals surface area contributed by atoms with Crippen molar-refractivity contribution in [3.63, 3.8) is 0 Å². The highest BCUT2D eigenvalue weighted by Crippen LogP contribution is 2.34. The summed E-state index contributed by atoms with van der Waals surface area (Å²) in [4.78, 5) is 4.28. The summed E-state index contributed by atoms with van der Waals surface area (Å²) in [5.74, 6) is 0.321. The topological polar surface area (TPSA) is 76.3 Å². The van der Waals surface area contributed by atoms with E-state index in [0.717, 1.165) is 5.69 Å². The molecular formula is C12H19N3O2S. The second kappa shape index (κ2) is 5.34. The summed E-state index contributed by atoms with van der Waals surface area (Å²) in [6.45, 7) is 2.70. The fourth-order valence-electron chi connectivity index (χ4n) is 2.38. The normalized spacial score (nSPS) is 24.8. The molecule has 0 saturated carbocycles. The summed E-state index contributed by atoms with van der Waals surface area (Å²) in [7, 11) is -3.15. The maximum absolute atomic E-state index is 12.0. The molecule has 6 heteroatoms. The first-order valence-corrected chi connectivity index (χ1v) is 7.81. The number of pyridine rings is 1. The molecule has 2 heterocycles. The summed E-state index contributed by atoms with van der Waals surface area (Å²) in [5.41, 5.74) is 6.64. The lowest BCUT2D eigenvalue weighted by Gasteiger charge is -2.46. The van der Waals surface area contributed by atoms with Crippen LogP contribution in [0.2, 0.25) is 0 Å². The maximum atomic E-state index is 12.0. The molecule has 1 aromatic rings. The van der Waals surface area contributed by atoms with Gasteiger partial charge in [-0.3, -0.25) is 4.98 Å². The Morgan fingerprint density at radius 3 is 2.83 bits per heavy atom. The molecule has 0 bridgehead atoms. The molecule has 0 spiro atoms. The summed E-state index contributed by atoms with van der Waals surface area (Å²) in [6, 6.07) is 5.55. The number of sulfonamides is 1. The summed E-state index contributed by atoms with van der Waals surface area (Å²) in [5, 5.41) is 0. The number of nitrogens with zero attached hydrogens (tertiary/aromatic N) is 2. The van der Waals surface area contributed by atoms with E-state index in [0.29, 0.717) is 19.5 Å². The molecule has 2 rings (SSSR count). The second-order valence-electron chi connectivity index (χ2n) is 4.55. The van der Waals surface area contributed by atoms with Crippen LogP contribution in [0, 0.1) is 0 Å². The molecule has 2 N–H and O–H groups in total. The van der Waals surface area contributed by atoms with Crippen LogP contribution in [0.1, 0.15) is 25.0 Å². The SMILES string of the molecule is CCCS(=O)(=O)N1CC(c2ccccn2)C1CN. The van der Waals surface area contributed by atoms with Crippen molar-refractivity contribution in [1.82, 2.24) is 9.29 Å². The van der Waals surface area contributed by atoms with E-state index in [-0.39, 0.29) is 17.7 Å².